The van der Waals surface area contributed by atoms with Crippen LogP contribution in [0.5, 0.6) is 0 Å². The van der Waals surface area contributed by atoms with Crippen LogP contribution in [0.25, 0.3) is 5.65 Å². The summed E-state index contributed by atoms with van der Waals surface area (Å²) in [4.78, 5) is 20.0. The van der Waals surface area contributed by atoms with E-state index >= 15 is 0 Å². The number of carbonyl (C=O) groups is 1. The SMILES string of the molecule is CCc1nc(NC(=O)C2CCN(c3ccc4nnc(C(F)(F)F)n4n3)CC2)sc1C. The molecule has 0 aliphatic carbocycles. The average molecular weight is 439 g/mol. The Kier molecular flexibility index (Phi) is 5.35. The van der Waals surface area contributed by atoms with Gasteiger partial charge in [-0.15, -0.1) is 26.6 Å². The van der Waals surface area contributed by atoms with Crippen LogP contribution in [-0.4, -0.2) is 43.8 Å². The Morgan fingerprint density at radius 3 is 2.63 bits per heavy atom. The molecule has 0 unspecified atom stereocenters. The second-order valence-corrected chi connectivity index (χ2v) is 8.31. The zero-order valence-electron chi connectivity index (χ0n) is 16.4. The molecule has 3 aromatic rings. The van der Waals surface area contributed by atoms with Gasteiger partial charge < -0.3 is 10.2 Å². The number of aromatic nitrogens is 5. The number of hydrogen-bond acceptors (Lipinski definition) is 7. The first-order valence-corrected chi connectivity index (χ1v) is 10.4. The maximum atomic E-state index is 13.1. The number of aryl methyl sites for hydroxylation is 2. The van der Waals surface area contributed by atoms with Crippen molar-refractivity contribution in [3.63, 3.8) is 0 Å². The normalized spacial score (nSPS) is 15.7. The maximum absolute atomic E-state index is 13.1. The van der Waals surface area contributed by atoms with E-state index in [9.17, 15) is 18.0 Å². The van der Waals surface area contributed by atoms with Crippen LogP contribution in [0.15, 0.2) is 12.1 Å². The van der Waals surface area contributed by atoms with Gasteiger partial charge in [-0.2, -0.15) is 17.7 Å². The Morgan fingerprint density at radius 2 is 2.00 bits per heavy atom. The fourth-order valence-corrected chi connectivity index (χ4v) is 4.42. The maximum Gasteiger partial charge on any atom is 0.453 e. The van der Waals surface area contributed by atoms with Crippen LogP contribution in [0, 0.1) is 12.8 Å². The van der Waals surface area contributed by atoms with Crippen molar-refractivity contribution in [2.45, 2.75) is 39.3 Å². The molecule has 160 valence electrons. The summed E-state index contributed by atoms with van der Waals surface area (Å²) in [7, 11) is 0. The van der Waals surface area contributed by atoms with Gasteiger partial charge in [0, 0.05) is 23.9 Å². The standard InChI is InChI=1S/C18H20F3N7OS/c1-3-12-10(2)30-17(22-12)23-15(29)11-6-8-27(9-7-11)14-5-4-13-24-25-16(18(19,20)21)28(13)26-14/h4-5,11H,3,6-9H2,1-2H3,(H,22,23,29). The summed E-state index contributed by atoms with van der Waals surface area (Å²) in [5, 5.41) is 14.3. The van der Waals surface area contributed by atoms with E-state index in [1.54, 1.807) is 6.07 Å². The minimum atomic E-state index is -4.64. The van der Waals surface area contributed by atoms with E-state index in [0.29, 0.717) is 41.4 Å². The predicted molar refractivity (Wildman–Crippen MR) is 106 cm³/mol. The molecule has 0 saturated carbocycles. The molecular weight excluding hydrogens is 419 g/mol. The topological polar surface area (TPSA) is 88.3 Å². The third-order valence-corrected chi connectivity index (χ3v) is 6.08. The molecule has 1 aliphatic rings. The molecule has 1 saturated heterocycles. The first kappa shape index (κ1) is 20.5. The largest absolute Gasteiger partial charge is 0.453 e. The van der Waals surface area contributed by atoms with Gasteiger partial charge >= 0.3 is 6.18 Å². The number of nitrogens with one attached hydrogen (secondary N) is 1. The van der Waals surface area contributed by atoms with E-state index in [0.717, 1.165) is 17.0 Å². The lowest BCUT2D eigenvalue weighted by Crippen LogP contribution is -2.38. The highest BCUT2D eigenvalue weighted by molar-refractivity contribution is 7.15. The van der Waals surface area contributed by atoms with E-state index in [1.807, 2.05) is 18.7 Å². The van der Waals surface area contributed by atoms with E-state index < -0.39 is 12.0 Å². The van der Waals surface area contributed by atoms with E-state index in [1.165, 1.54) is 17.4 Å². The molecule has 0 bridgehead atoms. The smallest absolute Gasteiger partial charge is 0.355 e. The number of rotatable bonds is 4. The van der Waals surface area contributed by atoms with Crippen LogP contribution in [-0.2, 0) is 17.4 Å². The molecule has 1 N–H and O–H groups in total. The molecule has 30 heavy (non-hydrogen) atoms. The van der Waals surface area contributed by atoms with Gasteiger partial charge in [0.1, 0.15) is 5.82 Å². The number of carbonyl (C=O) groups excluding carboxylic acids is 1. The van der Waals surface area contributed by atoms with E-state index in [-0.39, 0.29) is 17.5 Å². The molecular formula is C18H20F3N7OS. The van der Waals surface area contributed by atoms with Gasteiger partial charge in [-0.05, 0) is 38.3 Å². The van der Waals surface area contributed by atoms with Gasteiger partial charge in [0.25, 0.3) is 5.82 Å². The minimum absolute atomic E-state index is 0.0329. The van der Waals surface area contributed by atoms with Crippen LogP contribution >= 0.6 is 11.3 Å². The van der Waals surface area contributed by atoms with Gasteiger partial charge in [0.2, 0.25) is 5.91 Å². The first-order valence-electron chi connectivity index (χ1n) is 9.58. The van der Waals surface area contributed by atoms with Crippen LogP contribution in [0.4, 0.5) is 24.1 Å². The lowest BCUT2D eigenvalue weighted by Gasteiger charge is -2.31. The van der Waals surface area contributed by atoms with Crippen molar-refractivity contribution in [2.24, 2.45) is 5.92 Å². The number of piperidine rings is 1. The van der Waals surface area contributed by atoms with Crippen molar-refractivity contribution < 1.29 is 18.0 Å². The lowest BCUT2D eigenvalue weighted by molar-refractivity contribution is -0.146. The first-order chi connectivity index (χ1) is 14.3. The molecule has 0 atom stereocenters. The number of thiazole rings is 1. The number of amides is 1. The Hall–Kier alpha value is -2.76. The Balaban J connectivity index is 1.42. The fourth-order valence-electron chi connectivity index (χ4n) is 3.51. The predicted octanol–water partition coefficient (Wildman–Crippen LogP) is 3.33. The number of fused-ring (bicyclic) bond motifs is 1. The van der Waals surface area contributed by atoms with Gasteiger partial charge in [0.15, 0.2) is 10.8 Å². The Morgan fingerprint density at radius 1 is 1.27 bits per heavy atom. The number of alkyl halides is 3. The van der Waals surface area contributed by atoms with E-state index in [4.69, 9.17) is 0 Å². The third-order valence-electron chi connectivity index (χ3n) is 5.15. The van der Waals surface area contributed by atoms with Crippen molar-refractivity contribution in [1.29, 1.82) is 0 Å². The molecule has 0 radical (unpaired) electrons. The summed E-state index contributed by atoms with van der Waals surface area (Å²) in [5.74, 6) is -1.01. The average Bonchev–Trinajstić information content (AvgIpc) is 3.30. The molecule has 0 spiro atoms. The van der Waals surface area contributed by atoms with Crippen molar-refractivity contribution >= 4 is 33.8 Å². The Bertz CT molecular complexity index is 1070. The molecule has 1 fully saturated rings. The third kappa shape index (κ3) is 3.95. The van der Waals surface area contributed by atoms with Gasteiger partial charge in [-0.3, -0.25) is 4.79 Å². The highest BCUT2D eigenvalue weighted by atomic mass is 32.1. The van der Waals surface area contributed by atoms with Gasteiger partial charge in [-0.25, -0.2) is 4.98 Å². The summed E-state index contributed by atoms with van der Waals surface area (Å²) in [6, 6.07) is 3.08. The second kappa shape index (κ2) is 7.82. The van der Waals surface area contributed by atoms with Crippen LogP contribution in [0.2, 0.25) is 0 Å². The molecule has 4 rings (SSSR count). The molecule has 8 nitrogen and oxygen atoms in total. The second-order valence-electron chi connectivity index (χ2n) is 7.11. The van der Waals surface area contributed by atoms with Crippen molar-refractivity contribution in [3.8, 4) is 0 Å². The van der Waals surface area contributed by atoms with E-state index in [2.05, 4.69) is 25.6 Å². The summed E-state index contributed by atoms with van der Waals surface area (Å²) in [5.41, 5.74) is 1.02. The summed E-state index contributed by atoms with van der Waals surface area (Å²) >= 11 is 1.46. The fraction of sp³-hybridized carbons (Fsp3) is 0.500. The van der Waals surface area contributed by atoms with Crippen LogP contribution in [0.3, 0.4) is 0 Å². The zero-order chi connectivity index (χ0) is 21.5. The highest BCUT2D eigenvalue weighted by Crippen LogP contribution is 2.29. The lowest BCUT2D eigenvalue weighted by atomic mass is 9.96. The molecule has 3 aromatic heterocycles. The van der Waals surface area contributed by atoms with Gasteiger partial charge in [0.05, 0.1) is 5.69 Å². The number of anilines is 2. The summed E-state index contributed by atoms with van der Waals surface area (Å²) < 4.78 is 39.9. The Labute approximate surface area is 174 Å². The number of halogens is 3. The zero-order valence-corrected chi connectivity index (χ0v) is 17.2. The van der Waals surface area contributed by atoms with Gasteiger partial charge in [-0.1, -0.05) is 6.92 Å². The molecule has 4 heterocycles. The quantitative estimate of drug-likeness (QED) is 0.671. The van der Waals surface area contributed by atoms with Crippen molar-refractivity contribution in [1.82, 2.24) is 24.8 Å². The molecule has 0 aromatic carbocycles. The monoisotopic (exact) mass is 439 g/mol. The molecule has 1 amide bonds. The molecule has 1 aliphatic heterocycles. The highest BCUT2D eigenvalue weighted by Gasteiger charge is 2.38. The minimum Gasteiger partial charge on any atom is -0.355 e. The number of nitrogens with zero attached hydrogens (tertiary/aromatic N) is 6. The van der Waals surface area contributed by atoms with Crippen LogP contribution < -0.4 is 10.2 Å². The molecule has 12 heteroatoms. The number of hydrogen-bond donors (Lipinski definition) is 1. The summed E-state index contributed by atoms with van der Waals surface area (Å²) in [6.45, 7) is 5.02. The van der Waals surface area contributed by atoms with Crippen molar-refractivity contribution in [2.75, 3.05) is 23.3 Å². The van der Waals surface area contributed by atoms with Crippen molar-refractivity contribution in [3.05, 3.63) is 28.5 Å². The summed E-state index contributed by atoms with van der Waals surface area (Å²) in [6.07, 6.45) is -2.67. The van der Waals surface area contributed by atoms with Crippen LogP contribution in [0.1, 0.15) is 36.2 Å².